The van der Waals surface area contributed by atoms with Crippen molar-refractivity contribution in [1.82, 2.24) is 4.98 Å². The molecule has 0 spiro atoms. The molecule has 0 amide bonds. The first-order valence-electron chi connectivity index (χ1n) is 5.77. The summed E-state index contributed by atoms with van der Waals surface area (Å²) in [6.45, 7) is 5.39. The van der Waals surface area contributed by atoms with Gasteiger partial charge in [0, 0.05) is 12.3 Å². The summed E-state index contributed by atoms with van der Waals surface area (Å²) in [5.74, 6) is -0.924. The average molecular weight is 263 g/mol. The third-order valence-corrected chi connectivity index (χ3v) is 2.00. The fourth-order valence-corrected chi connectivity index (χ4v) is 1.23. The molecule has 1 aromatic heterocycles. The maximum Gasteiger partial charge on any atom is 0.356 e. The van der Waals surface area contributed by atoms with Gasteiger partial charge in [-0.3, -0.25) is 0 Å². The largest absolute Gasteiger partial charge is 0.464 e. The van der Waals surface area contributed by atoms with Gasteiger partial charge in [-0.1, -0.05) is 6.07 Å². The molecule has 0 aromatic carbocycles. The lowest BCUT2D eigenvalue weighted by Crippen LogP contribution is -2.22. The molecule has 0 unspecified atom stereocenters. The fraction of sp³-hybridized carbons (Fsp3) is 0.357. The van der Waals surface area contributed by atoms with Crippen LogP contribution in [0.1, 0.15) is 36.8 Å². The van der Waals surface area contributed by atoms with Crippen molar-refractivity contribution in [2.24, 2.45) is 0 Å². The van der Waals surface area contributed by atoms with Crippen molar-refractivity contribution >= 4 is 18.0 Å². The molecule has 0 saturated carbocycles. The SMILES string of the molecule is COC(=O)c1ccc(/C=C/C(=O)OC(C)(C)C)cn1. The Bertz CT molecular complexity index is 483. The Morgan fingerprint density at radius 2 is 1.95 bits per heavy atom. The Kier molecular flexibility index (Phi) is 4.80. The van der Waals surface area contributed by atoms with Crippen molar-refractivity contribution in [1.29, 1.82) is 0 Å². The Morgan fingerprint density at radius 1 is 1.26 bits per heavy atom. The maximum atomic E-state index is 11.4. The van der Waals surface area contributed by atoms with Crippen LogP contribution in [0.3, 0.4) is 0 Å². The third kappa shape index (κ3) is 5.33. The summed E-state index contributed by atoms with van der Waals surface area (Å²) in [7, 11) is 1.29. The Balaban J connectivity index is 2.68. The van der Waals surface area contributed by atoms with E-state index >= 15 is 0 Å². The minimum absolute atomic E-state index is 0.219. The summed E-state index contributed by atoms with van der Waals surface area (Å²) >= 11 is 0. The summed E-state index contributed by atoms with van der Waals surface area (Å²) in [4.78, 5) is 26.5. The molecule has 0 aliphatic heterocycles. The molecule has 102 valence electrons. The van der Waals surface area contributed by atoms with E-state index in [2.05, 4.69) is 9.72 Å². The first-order chi connectivity index (χ1) is 8.81. The molecule has 0 N–H and O–H groups in total. The van der Waals surface area contributed by atoms with Gasteiger partial charge in [-0.05, 0) is 38.5 Å². The predicted octanol–water partition coefficient (Wildman–Crippen LogP) is 2.22. The van der Waals surface area contributed by atoms with Crippen LogP contribution in [0, 0.1) is 0 Å². The highest BCUT2D eigenvalue weighted by Crippen LogP contribution is 2.09. The van der Waals surface area contributed by atoms with Gasteiger partial charge in [-0.15, -0.1) is 0 Å². The van der Waals surface area contributed by atoms with E-state index in [9.17, 15) is 9.59 Å². The number of methoxy groups -OCH3 is 1. The first kappa shape index (κ1) is 14.9. The standard InChI is InChI=1S/C14H17NO4/c1-14(2,3)19-12(16)8-6-10-5-7-11(15-9-10)13(17)18-4/h5-9H,1-4H3/b8-6+. The van der Waals surface area contributed by atoms with Crippen molar-refractivity contribution in [3.05, 3.63) is 35.7 Å². The predicted molar refractivity (Wildman–Crippen MR) is 70.5 cm³/mol. The second kappa shape index (κ2) is 6.13. The summed E-state index contributed by atoms with van der Waals surface area (Å²) in [6, 6.07) is 3.20. The highest BCUT2D eigenvalue weighted by Gasteiger charge is 2.13. The molecule has 0 radical (unpaired) electrons. The molecule has 0 aliphatic rings. The van der Waals surface area contributed by atoms with Gasteiger partial charge in [0.05, 0.1) is 7.11 Å². The van der Waals surface area contributed by atoms with Gasteiger partial charge in [0.1, 0.15) is 11.3 Å². The summed E-state index contributed by atoms with van der Waals surface area (Å²) in [5.41, 5.74) is 0.393. The van der Waals surface area contributed by atoms with Crippen molar-refractivity contribution in [3.8, 4) is 0 Å². The quantitative estimate of drug-likeness (QED) is 0.618. The zero-order chi connectivity index (χ0) is 14.5. The van der Waals surface area contributed by atoms with Crippen LogP contribution in [0.15, 0.2) is 24.4 Å². The number of ether oxygens (including phenoxy) is 2. The molecule has 0 aliphatic carbocycles. The Morgan fingerprint density at radius 3 is 2.42 bits per heavy atom. The minimum Gasteiger partial charge on any atom is -0.464 e. The summed E-state index contributed by atoms with van der Waals surface area (Å²) < 4.78 is 9.65. The topological polar surface area (TPSA) is 65.5 Å². The molecule has 5 heteroatoms. The zero-order valence-electron chi connectivity index (χ0n) is 11.5. The molecule has 5 nitrogen and oxygen atoms in total. The summed E-state index contributed by atoms with van der Waals surface area (Å²) in [5, 5.41) is 0. The van der Waals surface area contributed by atoms with Crippen LogP contribution in [-0.4, -0.2) is 29.6 Å². The van der Waals surface area contributed by atoms with E-state index in [0.717, 1.165) is 0 Å². The van der Waals surface area contributed by atoms with Crippen molar-refractivity contribution < 1.29 is 19.1 Å². The smallest absolute Gasteiger partial charge is 0.356 e. The van der Waals surface area contributed by atoms with E-state index in [4.69, 9.17) is 4.74 Å². The number of carbonyl (C=O) groups excluding carboxylic acids is 2. The monoisotopic (exact) mass is 263 g/mol. The number of hydrogen-bond acceptors (Lipinski definition) is 5. The molecule has 1 heterocycles. The van der Waals surface area contributed by atoms with Gasteiger partial charge in [0.25, 0.3) is 0 Å². The molecule has 0 bridgehead atoms. The molecule has 19 heavy (non-hydrogen) atoms. The molecule has 1 aromatic rings. The molecular formula is C14H17NO4. The van der Waals surface area contributed by atoms with E-state index < -0.39 is 17.5 Å². The van der Waals surface area contributed by atoms with Crippen LogP contribution in [0.2, 0.25) is 0 Å². The number of rotatable bonds is 3. The lowest BCUT2D eigenvalue weighted by molar-refractivity contribution is -0.148. The highest BCUT2D eigenvalue weighted by molar-refractivity contribution is 5.88. The number of pyridine rings is 1. The summed E-state index contributed by atoms with van der Waals surface area (Å²) in [6.07, 6.45) is 4.37. The van der Waals surface area contributed by atoms with Crippen molar-refractivity contribution in [2.75, 3.05) is 7.11 Å². The number of hydrogen-bond donors (Lipinski definition) is 0. The Labute approximate surface area is 112 Å². The minimum atomic E-state index is -0.519. The van der Waals surface area contributed by atoms with E-state index in [0.29, 0.717) is 5.56 Å². The van der Waals surface area contributed by atoms with Gasteiger partial charge in [-0.25, -0.2) is 14.6 Å². The number of aromatic nitrogens is 1. The van der Waals surface area contributed by atoms with Crippen LogP contribution in [0.5, 0.6) is 0 Å². The zero-order valence-corrected chi connectivity index (χ0v) is 11.5. The number of esters is 2. The van der Waals surface area contributed by atoms with Crippen LogP contribution in [0.25, 0.3) is 6.08 Å². The van der Waals surface area contributed by atoms with Crippen molar-refractivity contribution in [2.45, 2.75) is 26.4 Å². The maximum absolute atomic E-state index is 11.4. The number of carbonyl (C=O) groups is 2. The third-order valence-electron chi connectivity index (χ3n) is 2.00. The molecule has 0 saturated heterocycles. The van der Waals surface area contributed by atoms with Gasteiger partial charge in [-0.2, -0.15) is 0 Å². The van der Waals surface area contributed by atoms with Gasteiger partial charge >= 0.3 is 11.9 Å². The highest BCUT2D eigenvalue weighted by atomic mass is 16.6. The number of nitrogens with zero attached hydrogens (tertiary/aromatic N) is 1. The van der Waals surface area contributed by atoms with Gasteiger partial charge < -0.3 is 9.47 Å². The second-order valence-corrected chi connectivity index (χ2v) is 4.84. The van der Waals surface area contributed by atoms with E-state index in [1.54, 1.807) is 32.9 Å². The van der Waals surface area contributed by atoms with E-state index in [1.165, 1.54) is 25.4 Å². The Hall–Kier alpha value is -2.17. The molecular weight excluding hydrogens is 246 g/mol. The van der Waals surface area contributed by atoms with Crippen LogP contribution < -0.4 is 0 Å². The lowest BCUT2D eigenvalue weighted by Gasteiger charge is -2.17. The average Bonchev–Trinajstić information content (AvgIpc) is 2.34. The second-order valence-electron chi connectivity index (χ2n) is 4.84. The van der Waals surface area contributed by atoms with Crippen LogP contribution in [-0.2, 0) is 14.3 Å². The molecule has 0 fully saturated rings. The molecule has 1 rings (SSSR count). The normalized spacial score (nSPS) is 11.4. The lowest BCUT2D eigenvalue weighted by atomic mass is 10.2. The van der Waals surface area contributed by atoms with E-state index in [1.807, 2.05) is 0 Å². The van der Waals surface area contributed by atoms with Crippen LogP contribution in [0.4, 0.5) is 0 Å². The first-order valence-corrected chi connectivity index (χ1v) is 5.77. The molecule has 0 atom stereocenters. The fourth-order valence-electron chi connectivity index (χ4n) is 1.23. The van der Waals surface area contributed by atoms with Crippen LogP contribution >= 0.6 is 0 Å². The van der Waals surface area contributed by atoms with Crippen molar-refractivity contribution in [3.63, 3.8) is 0 Å². The van der Waals surface area contributed by atoms with Gasteiger partial charge in [0.15, 0.2) is 0 Å². The van der Waals surface area contributed by atoms with E-state index in [-0.39, 0.29) is 5.69 Å². The van der Waals surface area contributed by atoms with Gasteiger partial charge in [0.2, 0.25) is 0 Å².